The Morgan fingerprint density at radius 2 is 2.00 bits per heavy atom. The number of benzene rings is 1. The lowest BCUT2D eigenvalue weighted by molar-refractivity contribution is -0.130. The number of hydrogen-bond acceptors (Lipinski definition) is 2. The lowest BCUT2D eigenvalue weighted by Crippen LogP contribution is -2.33. The molecule has 2 nitrogen and oxygen atoms in total. The highest BCUT2D eigenvalue weighted by Gasteiger charge is 2.52. The van der Waals surface area contributed by atoms with Gasteiger partial charge in [-0.3, -0.25) is 4.79 Å². The third kappa shape index (κ3) is 2.25. The van der Waals surface area contributed by atoms with Crippen molar-refractivity contribution >= 4 is 5.78 Å². The van der Waals surface area contributed by atoms with Crippen molar-refractivity contribution in [1.29, 1.82) is 5.26 Å². The molecule has 1 fully saturated rings. The van der Waals surface area contributed by atoms with Crippen LogP contribution in [0.3, 0.4) is 0 Å². The summed E-state index contributed by atoms with van der Waals surface area (Å²) in [6.07, 6.45) is 1.05. The van der Waals surface area contributed by atoms with E-state index in [-0.39, 0.29) is 17.8 Å². The molecular weight excluding hydrogens is 248 g/mol. The van der Waals surface area contributed by atoms with Crippen LogP contribution in [0.15, 0.2) is 18.2 Å². The predicted molar refractivity (Wildman–Crippen MR) is 66.1 cm³/mol. The van der Waals surface area contributed by atoms with Crippen LogP contribution in [0.2, 0.25) is 0 Å². The maximum atomic E-state index is 13.7. The average Bonchev–Trinajstić information content (AvgIpc) is 2.57. The van der Waals surface area contributed by atoms with E-state index in [1.165, 1.54) is 6.07 Å². The van der Waals surface area contributed by atoms with Gasteiger partial charge < -0.3 is 0 Å². The number of rotatable bonds is 2. The molecule has 1 aliphatic rings. The van der Waals surface area contributed by atoms with Gasteiger partial charge in [0.15, 0.2) is 5.78 Å². The number of nitrogens with zero attached hydrogens (tertiary/aromatic N) is 1. The molecule has 4 heteroatoms. The molecule has 0 heterocycles. The Morgan fingerprint density at radius 3 is 2.47 bits per heavy atom. The molecule has 0 amide bonds. The summed E-state index contributed by atoms with van der Waals surface area (Å²) < 4.78 is 26.5. The second-order valence-corrected chi connectivity index (χ2v) is 5.82. The smallest absolute Gasteiger partial charge is 0.158 e. The molecule has 1 saturated carbocycles. The van der Waals surface area contributed by atoms with Crippen LogP contribution in [-0.2, 0) is 11.2 Å². The molecule has 1 aromatic carbocycles. The first-order valence-corrected chi connectivity index (χ1v) is 6.21. The van der Waals surface area contributed by atoms with E-state index in [4.69, 9.17) is 0 Å². The summed E-state index contributed by atoms with van der Waals surface area (Å²) in [7, 11) is 0. The Kier molecular flexibility index (Phi) is 3.17. The summed E-state index contributed by atoms with van der Waals surface area (Å²) in [5.74, 6) is -1.51. The van der Waals surface area contributed by atoms with Crippen molar-refractivity contribution in [1.82, 2.24) is 0 Å². The first-order chi connectivity index (χ1) is 8.81. The number of nitriles is 1. The minimum atomic E-state index is -1.18. The summed E-state index contributed by atoms with van der Waals surface area (Å²) in [5.41, 5.74) is -1.51. The van der Waals surface area contributed by atoms with Crippen molar-refractivity contribution in [2.75, 3.05) is 0 Å². The molecule has 2 rings (SSSR count). The van der Waals surface area contributed by atoms with Crippen LogP contribution in [0.1, 0.15) is 32.3 Å². The van der Waals surface area contributed by atoms with E-state index in [0.717, 1.165) is 12.1 Å². The summed E-state index contributed by atoms with van der Waals surface area (Å²) >= 11 is 0. The van der Waals surface area contributed by atoms with E-state index in [1.54, 1.807) is 13.8 Å². The highest BCUT2D eigenvalue weighted by atomic mass is 19.1. The van der Waals surface area contributed by atoms with Gasteiger partial charge in [-0.2, -0.15) is 5.26 Å². The van der Waals surface area contributed by atoms with Crippen LogP contribution in [0.4, 0.5) is 8.78 Å². The first-order valence-electron chi connectivity index (χ1n) is 6.21. The molecule has 0 bridgehead atoms. The molecule has 1 aliphatic carbocycles. The Labute approximate surface area is 111 Å². The molecule has 0 N–H and O–H groups in total. The Balaban J connectivity index is 2.36. The van der Waals surface area contributed by atoms with Gasteiger partial charge >= 0.3 is 0 Å². The lowest BCUT2D eigenvalue weighted by Gasteiger charge is -2.22. The van der Waals surface area contributed by atoms with E-state index < -0.39 is 22.5 Å². The molecule has 19 heavy (non-hydrogen) atoms. The third-order valence-corrected chi connectivity index (χ3v) is 3.95. The minimum Gasteiger partial charge on any atom is -0.297 e. The van der Waals surface area contributed by atoms with Crippen LogP contribution < -0.4 is 0 Å². The van der Waals surface area contributed by atoms with Crippen LogP contribution >= 0.6 is 0 Å². The molecule has 0 aromatic heterocycles. The number of carbonyl (C=O) groups excluding carboxylic acids is 1. The van der Waals surface area contributed by atoms with E-state index in [0.29, 0.717) is 12.8 Å². The van der Waals surface area contributed by atoms with Crippen LogP contribution in [0.5, 0.6) is 0 Å². The van der Waals surface area contributed by atoms with Crippen molar-refractivity contribution < 1.29 is 13.6 Å². The third-order valence-electron chi connectivity index (χ3n) is 3.95. The predicted octanol–water partition coefficient (Wildman–Crippen LogP) is 3.41. The van der Waals surface area contributed by atoms with Gasteiger partial charge in [0.1, 0.15) is 17.0 Å². The first kappa shape index (κ1) is 13.7. The SMILES string of the molecule is CC1(C)CCC(C#N)(Cc2ccc(F)cc2F)C1=O. The highest BCUT2D eigenvalue weighted by Crippen LogP contribution is 2.47. The molecule has 0 aliphatic heterocycles. The van der Waals surface area contributed by atoms with Crippen LogP contribution in [0.25, 0.3) is 0 Å². The molecule has 1 aromatic rings. The quantitative estimate of drug-likeness (QED) is 0.820. The van der Waals surface area contributed by atoms with Crippen molar-refractivity contribution in [2.24, 2.45) is 10.8 Å². The highest BCUT2D eigenvalue weighted by molar-refractivity contribution is 5.94. The summed E-state index contributed by atoms with van der Waals surface area (Å²) in [6.45, 7) is 3.60. The molecule has 0 spiro atoms. The monoisotopic (exact) mass is 263 g/mol. The zero-order chi connectivity index (χ0) is 14.3. The maximum Gasteiger partial charge on any atom is 0.158 e. The molecule has 0 saturated heterocycles. The van der Waals surface area contributed by atoms with Crippen molar-refractivity contribution in [3.63, 3.8) is 0 Å². The standard InChI is InChI=1S/C15H15F2NO/c1-14(2)5-6-15(9-18,13(14)19)8-10-3-4-11(16)7-12(10)17/h3-4,7H,5-6,8H2,1-2H3. The number of halogens is 2. The Hall–Kier alpha value is -1.76. The molecule has 1 unspecified atom stereocenters. The van der Waals surface area contributed by atoms with Gasteiger partial charge in [-0.1, -0.05) is 19.9 Å². The fraction of sp³-hybridized carbons (Fsp3) is 0.467. The van der Waals surface area contributed by atoms with Gasteiger partial charge in [0.2, 0.25) is 0 Å². The number of hydrogen-bond donors (Lipinski definition) is 0. The number of Topliss-reactive ketones (excluding diaryl/α,β-unsaturated/α-hetero) is 1. The van der Waals surface area contributed by atoms with Crippen molar-refractivity contribution in [3.8, 4) is 6.07 Å². The summed E-state index contributed by atoms with van der Waals surface area (Å²) in [4.78, 5) is 12.3. The summed E-state index contributed by atoms with van der Waals surface area (Å²) in [5, 5.41) is 9.36. The Morgan fingerprint density at radius 1 is 1.32 bits per heavy atom. The molecular formula is C15H15F2NO. The maximum absolute atomic E-state index is 13.7. The van der Waals surface area contributed by atoms with Gasteiger partial charge in [-0.05, 0) is 24.5 Å². The second kappa shape index (κ2) is 4.41. The molecule has 0 radical (unpaired) electrons. The van der Waals surface area contributed by atoms with Gasteiger partial charge in [0.25, 0.3) is 0 Å². The molecule has 100 valence electrons. The van der Waals surface area contributed by atoms with E-state index >= 15 is 0 Å². The average molecular weight is 263 g/mol. The largest absolute Gasteiger partial charge is 0.297 e. The number of carbonyl (C=O) groups is 1. The normalized spacial score (nSPS) is 25.3. The zero-order valence-electron chi connectivity index (χ0n) is 11.0. The molecule has 1 atom stereocenters. The van der Waals surface area contributed by atoms with Crippen molar-refractivity contribution in [2.45, 2.75) is 33.1 Å². The van der Waals surface area contributed by atoms with Gasteiger partial charge in [0.05, 0.1) is 6.07 Å². The fourth-order valence-corrected chi connectivity index (χ4v) is 2.71. The van der Waals surface area contributed by atoms with Gasteiger partial charge in [-0.25, -0.2) is 8.78 Å². The zero-order valence-corrected chi connectivity index (χ0v) is 11.0. The number of ketones is 1. The minimum absolute atomic E-state index is 0.0118. The van der Waals surface area contributed by atoms with E-state index in [9.17, 15) is 18.8 Å². The van der Waals surface area contributed by atoms with Gasteiger partial charge in [0, 0.05) is 17.9 Å². The summed E-state index contributed by atoms with van der Waals surface area (Å²) in [6, 6.07) is 5.30. The fourth-order valence-electron chi connectivity index (χ4n) is 2.71. The topological polar surface area (TPSA) is 40.9 Å². The second-order valence-electron chi connectivity index (χ2n) is 5.82. The van der Waals surface area contributed by atoms with E-state index in [2.05, 4.69) is 6.07 Å². The van der Waals surface area contributed by atoms with Crippen LogP contribution in [-0.4, -0.2) is 5.78 Å². The van der Waals surface area contributed by atoms with Gasteiger partial charge in [-0.15, -0.1) is 0 Å². The van der Waals surface area contributed by atoms with E-state index in [1.807, 2.05) is 0 Å². The lowest BCUT2D eigenvalue weighted by atomic mass is 9.77. The van der Waals surface area contributed by atoms with Crippen LogP contribution in [0, 0.1) is 33.8 Å². The van der Waals surface area contributed by atoms with Crippen molar-refractivity contribution in [3.05, 3.63) is 35.4 Å². The Bertz CT molecular complexity index is 574.